The Bertz CT molecular complexity index is 1780. The smallest absolute Gasteiger partial charge is 0.338 e. The van der Waals surface area contributed by atoms with Crippen LogP contribution in [0.5, 0.6) is 0 Å². The van der Waals surface area contributed by atoms with Gasteiger partial charge in [-0.2, -0.15) is 0 Å². The Morgan fingerprint density at radius 3 is 1.70 bits per heavy atom. The molecule has 3 aromatic carbocycles. The van der Waals surface area contributed by atoms with Crippen molar-refractivity contribution in [1.29, 1.82) is 0 Å². The van der Waals surface area contributed by atoms with E-state index in [0.717, 1.165) is 0 Å². The lowest BCUT2D eigenvalue weighted by atomic mass is 9.92. The Morgan fingerprint density at radius 1 is 0.768 bits per heavy atom. The average molecular weight is 822 g/mol. The molecule has 1 fully saturated rings. The molecule has 2 aliphatic rings. The van der Waals surface area contributed by atoms with E-state index in [4.69, 9.17) is 23.4 Å². The van der Waals surface area contributed by atoms with Gasteiger partial charge in [-0.05, 0) is 81.7 Å². The molecule has 0 saturated carbocycles. The molecular formula is C43H55NO9S2Si. The lowest BCUT2D eigenvalue weighted by Gasteiger charge is -2.47. The van der Waals surface area contributed by atoms with E-state index in [9.17, 15) is 18.9 Å². The molecule has 2 bridgehead atoms. The molecule has 5 rings (SSSR count). The van der Waals surface area contributed by atoms with E-state index >= 15 is 0 Å². The second-order valence-corrected chi connectivity index (χ2v) is 24.5. The van der Waals surface area contributed by atoms with Gasteiger partial charge >= 0.3 is 17.9 Å². The van der Waals surface area contributed by atoms with E-state index in [1.807, 2.05) is 26.8 Å². The molecule has 8 atom stereocenters. The van der Waals surface area contributed by atoms with Gasteiger partial charge in [0.1, 0.15) is 16.3 Å². The summed E-state index contributed by atoms with van der Waals surface area (Å²) in [6.07, 6.45) is -0.422. The molecule has 0 amide bonds. The minimum absolute atomic E-state index is 0.00433. The minimum Gasteiger partial charge on any atom is -0.598 e. The predicted octanol–water partition coefficient (Wildman–Crippen LogP) is 8.14. The number of hydrogen-bond acceptors (Lipinski definition) is 11. The van der Waals surface area contributed by atoms with Crippen LogP contribution >= 0.6 is 11.8 Å². The summed E-state index contributed by atoms with van der Waals surface area (Å²) in [5.41, 5.74) is -0.0881. The van der Waals surface area contributed by atoms with Gasteiger partial charge in [0.25, 0.3) is 0 Å². The van der Waals surface area contributed by atoms with Gasteiger partial charge in [0.2, 0.25) is 0 Å². The molecule has 1 saturated heterocycles. The summed E-state index contributed by atoms with van der Waals surface area (Å²) in [6.45, 7) is 17.0. The summed E-state index contributed by atoms with van der Waals surface area (Å²) >= 11 is -0.177. The number of fused-ring (bicyclic) bond motifs is 2. The molecule has 13 heteroatoms. The molecule has 10 nitrogen and oxygen atoms in total. The van der Waals surface area contributed by atoms with Crippen LogP contribution in [0.25, 0.3) is 0 Å². The maximum absolute atomic E-state index is 14.0. The lowest BCUT2D eigenvalue weighted by Crippen LogP contribution is -2.66. The van der Waals surface area contributed by atoms with Gasteiger partial charge in [0.15, 0.2) is 26.6 Å². The minimum atomic E-state index is -2.11. The average Bonchev–Trinajstić information content (AvgIpc) is 3.16. The van der Waals surface area contributed by atoms with Crippen molar-refractivity contribution >= 4 is 49.3 Å². The summed E-state index contributed by atoms with van der Waals surface area (Å²) in [5.74, 6) is -1.60. The first-order valence-corrected chi connectivity index (χ1v) is 24.1. The number of esters is 3. The van der Waals surface area contributed by atoms with E-state index < -0.39 is 78.2 Å². The molecule has 1 N–H and O–H groups in total. The molecule has 302 valence electrons. The number of carbonyl (C=O) groups is 3. The third kappa shape index (κ3) is 11.4. The van der Waals surface area contributed by atoms with Crippen LogP contribution in [0.3, 0.4) is 0 Å². The maximum Gasteiger partial charge on any atom is 0.338 e. The quantitative estimate of drug-likeness (QED) is 0.0661. The van der Waals surface area contributed by atoms with Gasteiger partial charge in [0, 0.05) is 29.6 Å². The van der Waals surface area contributed by atoms with Crippen LogP contribution in [-0.2, 0) is 34.7 Å². The van der Waals surface area contributed by atoms with Gasteiger partial charge in [0.05, 0.1) is 22.7 Å². The molecule has 2 heterocycles. The van der Waals surface area contributed by atoms with Crippen molar-refractivity contribution < 1.29 is 42.3 Å². The van der Waals surface area contributed by atoms with Crippen molar-refractivity contribution in [1.82, 2.24) is 4.72 Å². The number of hydrogen-bond donors (Lipinski definition) is 1. The van der Waals surface area contributed by atoms with Crippen molar-refractivity contribution in [2.24, 2.45) is 5.92 Å². The zero-order chi connectivity index (χ0) is 40.7. The van der Waals surface area contributed by atoms with Crippen LogP contribution < -0.4 is 4.72 Å². The fourth-order valence-corrected chi connectivity index (χ4v) is 9.05. The summed E-state index contributed by atoms with van der Waals surface area (Å²) in [4.78, 5) is 41.8. The van der Waals surface area contributed by atoms with Gasteiger partial charge in [-0.1, -0.05) is 87.5 Å². The van der Waals surface area contributed by atoms with Gasteiger partial charge < -0.3 is 27.9 Å². The largest absolute Gasteiger partial charge is 0.598 e. The highest BCUT2D eigenvalue weighted by atomic mass is 32.2. The zero-order valence-electron chi connectivity index (χ0n) is 33.5. The topological polar surface area (TPSA) is 132 Å². The number of thioether (sulfide) groups is 1. The Balaban J connectivity index is 1.62. The fraction of sp³-hybridized carbons (Fsp3) is 0.465. The first-order chi connectivity index (χ1) is 26.4. The number of rotatable bonds is 11. The third-order valence-corrected chi connectivity index (χ3v) is 17.7. The number of carbonyl (C=O) groups excluding carboxylic acids is 3. The molecular weight excluding hydrogens is 767 g/mol. The number of nitrogens with one attached hydrogen (secondary N) is 1. The highest BCUT2D eigenvalue weighted by Gasteiger charge is 2.56. The Kier molecular flexibility index (Phi) is 14.7. The summed E-state index contributed by atoms with van der Waals surface area (Å²) in [6, 6.07) is 24.7. The third-order valence-electron chi connectivity index (χ3n) is 10.2. The van der Waals surface area contributed by atoms with E-state index in [2.05, 4.69) is 44.7 Å². The van der Waals surface area contributed by atoms with Crippen LogP contribution in [0, 0.1) is 5.92 Å². The van der Waals surface area contributed by atoms with Crippen LogP contribution in [0.1, 0.15) is 79.0 Å². The molecule has 3 aromatic rings. The second kappa shape index (κ2) is 18.9. The highest BCUT2D eigenvalue weighted by Crippen LogP contribution is 2.40. The Hall–Kier alpha value is -3.43. The monoisotopic (exact) mass is 821 g/mol. The van der Waals surface area contributed by atoms with E-state index in [-0.39, 0.29) is 27.6 Å². The summed E-state index contributed by atoms with van der Waals surface area (Å²) < 4.78 is 48.9. The van der Waals surface area contributed by atoms with Crippen molar-refractivity contribution in [3.05, 3.63) is 120 Å². The lowest BCUT2D eigenvalue weighted by molar-refractivity contribution is -0.205. The van der Waals surface area contributed by atoms with Gasteiger partial charge in [-0.3, -0.25) is 0 Å². The normalized spacial score (nSPS) is 25.6. The van der Waals surface area contributed by atoms with Gasteiger partial charge in [-0.15, -0.1) is 16.5 Å². The summed E-state index contributed by atoms with van der Waals surface area (Å²) in [7, 11) is -2.11. The van der Waals surface area contributed by atoms with Crippen LogP contribution in [-0.4, -0.2) is 83.8 Å². The Morgan fingerprint density at radius 2 is 1.23 bits per heavy atom. The number of ether oxygens (including phenoxy) is 4. The van der Waals surface area contributed by atoms with Crippen molar-refractivity contribution in [3.63, 3.8) is 0 Å². The molecule has 0 radical (unpaired) electrons. The zero-order valence-corrected chi connectivity index (χ0v) is 36.1. The van der Waals surface area contributed by atoms with Crippen LogP contribution in [0.4, 0.5) is 0 Å². The molecule has 2 aliphatic heterocycles. The standard InChI is InChI=1S/C43H55NO9S2Si/c1-42(2,3)55(48)44-33-26-18-19-29(27-49-56(7,8)43(4,5)6)28-54-41-37(52-40(47)32-24-16-11-17-25-32)36(51-39(46)31-22-14-10-15-23-31)35(34(33)53-41)50-38(45)30-20-12-9-13-21-30/h9-25,29,33-37,41,44H,26-28H2,1-8H3/b19-18+/t29?,33-,34-,35+,36+,37-,41-,55-/m1/s1. The SMILES string of the molecule is CC(C)(C)[S@@+]([O-])N[C@@H]1C/C=C/C(CO[Si](C)(C)C(C)(C)C)CS[C@H]2O[C@H]1[C@H](OC(=O)c1ccccc1)[C@H](OC(=O)c1ccccc1)[C@H]2OC(=O)c1ccccc1. The van der Waals surface area contributed by atoms with Crippen molar-refractivity contribution in [3.8, 4) is 0 Å². The highest BCUT2D eigenvalue weighted by molar-refractivity contribution is 7.99. The van der Waals surface area contributed by atoms with Crippen molar-refractivity contribution in [2.75, 3.05) is 12.4 Å². The summed E-state index contributed by atoms with van der Waals surface area (Å²) in [5, 5.41) is 0.00433. The number of benzene rings is 3. The van der Waals surface area contributed by atoms with E-state index in [0.29, 0.717) is 18.8 Å². The Labute approximate surface area is 339 Å². The molecule has 0 aliphatic carbocycles. The van der Waals surface area contributed by atoms with Crippen LogP contribution in [0.2, 0.25) is 18.1 Å². The molecule has 0 aromatic heterocycles. The fourth-order valence-electron chi connectivity index (χ4n) is 5.88. The molecule has 0 spiro atoms. The predicted molar refractivity (Wildman–Crippen MR) is 223 cm³/mol. The molecule has 56 heavy (non-hydrogen) atoms. The first-order valence-electron chi connectivity index (χ1n) is 19.0. The van der Waals surface area contributed by atoms with Gasteiger partial charge in [-0.25, -0.2) is 14.4 Å². The molecule has 1 unspecified atom stereocenters. The maximum atomic E-state index is 14.0. The first kappa shape index (κ1) is 43.7. The van der Waals surface area contributed by atoms with Crippen LogP contribution in [0.15, 0.2) is 103 Å². The second-order valence-electron chi connectivity index (χ2n) is 16.6. The van der Waals surface area contributed by atoms with E-state index in [1.165, 1.54) is 11.8 Å². The van der Waals surface area contributed by atoms with Crippen molar-refractivity contribution in [2.45, 2.75) is 107 Å². The van der Waals surface area contributed by atoms with E-state index in [1.54, 1.807) is 91.0 Å².